The molecule has 0 spiro atoms. The Morgan fingerprint density at radius 1 is 1.38 bits per heavy atom. The van der Waals surface area contributed by atoms with Crippen LogP contribution in [0.3, 0.4) is 0 Å². The molecule has 3 nitrogen and oxygen atoms in total. The largest absolute Gasteiger partial charge is 0.495 e. The molecule has 1 atom stereocenters. The first-order valence-electron chi connectivity index (χ1n) is 4.75. The Kier molecular flexibility index (Phi) is 4.59. The molecule has 1 unspecified atom stereocenters. The third kappa shape index (κ3) is 2.67. The summed E-state index contributed by atoms with van der Waals surface area (Å²) in [6.45, 7) is 1.76. The van der Waals surface area contributed by atoms with E-state index in [-0.39, 0.29) is 11.8 Å². The van der Waals surface area contributed by atoms with Gasteiger partial charge in [0, 0.05) is 11.6 Å². The third-order valence-corrected chi connectivity index (χ3v) is 2.94. The van der Waals surface area contributed by atoms with Gasteiger partial charge in [-0.2, -0.15) is 0 Å². The molecule has 0 aromatic heterocycles. The van der Waals surface area contributed by atoms with E-state index in [1.807, 2.05) is 0 Å². The molecule has 1 aromatic carbocycles. The standard InChI is InChI=1S/C11H13Cl2NO2/c1-6(14-2)11(15)7-4-9(13)10(16-3)5-8(7)12/h4-6,14H,1-3H3. The highest BCUT2D eigenvalue weighted by atomic mass is 35.5. The van der Waals surface area contributed by atoms with Gasteiger partial charge >= 0.3 is 0 Å². The van der Waals surface area contributed by atoms with Crippen molar-refractivity contribution in [3.8, 4) is 5.75 Å². The summed E-state index contributed by atoms with van der Waals surface area (Å²) in [6, 6.07) is 2.76. The third-order valence-electron chi connectivity index (χ3n) is 2.33. The average Bonchev–Trinajstić information content (AvgIpc) is 2.29. The van der Waals surface area contributed by atoms with Crippen LogP contribution in [0.2, 0.25) is 10.0 Å². The van der Waals surface area contributed by atoms with Gasteiger partial charge in [0.2, 0.25) is 0 Å². The maximum Gasteiger partial charge on any atom is 0.180 e. The van der Waals surface area contributed by atoms with Crippen molar-refractivity contribution in [3.05, 3.63) is 27.7 Å². The summed E-state index contributed by atoms with van der Waals surface area (Å²) in [4.78, 5) is 11.9. The molecular formula is C11H13Cl2NO2. The zero-order valence-corrected chi connectivity index (χ0v) is 10.8. The zero-order valence-electron chi connectivity index (χ0n) is 9.30. The zero-order chi connectivity index (χ0) is 12.3. The van der Waals surface area contributed by atoms with Crippen LogP contribution in [0.5, 0.6) is 5.75 Å². The fourth-order valence-electron chi connectivity index (χ4n) is 1.24. The van der Waals surface area contributed by atoms with Gasteiger partial charge in [0.1, 0.15) is 5.75 Å². The summed E-state index contributed by atoms with van der Waals surface area (Å²) in [5.41, 5.74) is 0.398. The fraction of sp³-hybridized carbons (Fsp3) is 0.364. The van der Waals surface area contributed by atoms with E-state index in [1.165, 1.54) is 13.2 Å². The summed E-state index contributed by atoms with van der Waals surface area (Å²) in [7, 11) is 3.21. The van der Waals surface area contributed by atoms with E-state index in [2.05, 4.69) is 5.32 Å². The van der Waals surface area contributed by atoms with E-state index in [4.69, 9.17) is 27.9 Å². The number of halogens is 2. The van der Waals surface area contributed by atoms with E-state index in [1.54, 1.807) is 20.0 Å². The monoisotopic (exact) mass is 261 g/mol. The molecule has 0 aliphatic rings. The summed E-state index contributed by atoms with van der Waals surface area (Å²) < 4.78 is 5.00. The molecule has 1 rings (SSSR count). The lowest BCUT2D eigenvalue weighted by Crippen LogP contribution is -2.30. The maximum absolute atomic E-state index is 11.9. The number of benzene rings is 1. The van der Waals surface area contributed by atoms with Crippen molar-refractivity contribution in [2.24, 2.45) is 0 Å². The second-order valence-electron chi connectivity index (χ2n) is 3.34. The van der Waals surface area contributed by atoms with Crippen LogP contribution in [0.1, 0.15) is 17.3 Å². The lowest BCUT2D eigenvalue weighted by Gasteiger charge is -2.12. The molecule has 5 heteroatoms. The van der Waals surface area contributed by atoms with Crippen LogP contribution in [0.25, 0.3) is 0 Å². The van der Waals surface area contributed by atoms with Crippen molar-refractivity contribution in [2.45, 2.75) is 13.0 Å². The van der Waals surface area contributed by atoms with Crippen molar-refractivity contribution < 1.29 is 9.53 Å². The molecule has 88 valence electrons. The van der Waals surface area contributed by atoms with Crippen LogP contribution in [0.15, 0.2) is 12.1 Å². The smallest absolute Gasteiger partial charge is 0.180 e. The number of hydrogen-bond acceptors (Lipinski definition) is 3. The average molecular weight is 262 g/mol. The first kappa shape index (κ1) is 13.3. The number of likely N-dealkylation sites (N-methyl/N-ethyl adjacent to an activating group) is 1. The maximum atomic E-state index is 11.9. The number of ketones is 1. The molecular weight excluding hydrogens is 249 g/mol. The molecule has 0 aliphatic heterocycles. The predicted molar refractivity (Wildman–Crippen MR) is 65.9 cm³/mol. The lowest BCUT2D eigenvalue weighted by molar-refractivity contribution is 0.0955. The minimum Gasteiger partial charge on any atom is -0.495 e. The van der Waals surface area contributed by atoms with Crippen molar-refractivity contribution in [3.63, 3.8) is 0 Å². The highest BCUT2D eigenvalue weighted by Crippen LogP contribution is 2.31. The molecule has 0 radical (unpaired) electrons. The molecule has 1 aromatic rings. The van der Waals surface area contributed by atoms with Gasteiger partial charge in [0.15, 0.2) is 5.78 Å². The van der Waals surface area contributed by atoms with Crippen LogP contribution in [0, 0.1) is 0 Å². The molecule has 0 bridgehead atoms. The lowest BCUT2D eigenvalue weighted by atomic mass is 10.1. The number of carbonyl (C=O) groups is 1. The Bertz CT molecular complexity index is 407. The second-order valence-corrected chi connectivity index (χ2v) is 4.16. The summed E-state index contributed by atoms with van der Waals surface area (Å²) >= 11 is 11.9. The minimum absolute atomic E-state index is 0.1000. The van der Waals surface area contributed by atoms with Crippen LogP contribution < -0.4 is 10.1 Å². The van der Waals surface area contributed by atoms with Gasteiger partial charge in [-0.1, -0.05) is 23.2 Å². The van der Waals surface area contributed by atoms with Gasteiger partial charge in [-0.15, -0.1) is 0 Å². The van der Waals surface area contributed by atoms with Gasteiger partial charge in [-0.25, -0.2) is 0 Å². The van der Waals surface area contributed by atoms with Crippen molar-refractivity contribution in [2.75, 3.05) is 14.2 Å². The van der Waals surface area contributed by atoms with Crippen molar-refractivity contribution >= 4 is 29.0 Å². The van der Waals surface area contributed by atoms with Crippen LogP contribution >= 0.6 is 23.2 Å². The highest BCUT2D eigenvalue weighted by molar-refractivity contribution is 6.37. The van der Waals surface area contributed by atoms with E-state index >= 15 is 0 Å². The molecule has 16 heavy (non-hydrogen) atoms. The minimum atomic E-state index is -0.304. The van der Waals surface area contributed by atoms with E-state index in [0.717, 1.165) is 0 Å². The summed E-state index contributed by atoms with van der Waals surface area (Å²) in [5, 5.41) is 3.57. The summed E-state index contributed by atoms with van der Waals surface area (Å²) in [6.07, 6.45) is 0. The second kappa shape index (κ2) is 5.53. The normalized spacial score (nSPS) is 12.3. The van der Waals surface area contributed by atoms with Crippen LogP contribution in [0.4, 0.5) is 0 Å². The number of methoxy groups -OCH3 is 1. The Labute approximate surface area is 105 Å². The highest BCUT2D eigenvalue weighted by Gasteiger charge is 2.18. The molecule has 0 saturated heterocycles. The first-order valence-corrected chi connectivity index (χ1v) is 5.51. The Hall–Kier alpha value is -0.770. The molecule has 0 fully saturated rings. The number of nitrogens with one attached hydrogen (secondary N) is 1. The first-order chi connectivity index (χ1) is 7.51. The van der Waals surface area contributed by atoms with E-state index in [9.17, 15) is 4.79 Å². The summed E-state index contributed by atoms with van der Waals surface area (Å²) in [5.74, 6) is 0.359. The van der Waals surface area contributed by atoms with Crippen molar-refractivity contribution in [1.82, 2.24) is 5.32 Å². The molecule has 0 amide bonds. The van der Waals surface area contributed by atoms with Crippen LogP contribution in [-0.2, 0) is 0 Å². The molecule has 1 N–H and O–H groups in total. The van der Waals surface area contributed by atoms with Gasteiger partial charge in [-0.05, 0) is 20.0 Å². The van der Waals surface area contributed by atoms with Gasteiger partial charge in [0.05, 0.1) is 23.2 Å². The molecule has 0 aliphatic carbocycles. The van der Waals surface area contributed by atoms with E-state index in [0.29, 0.717) is 21.4 Å². The number of Topliss-reactive ketones (excluding diaryl/α,β-unsaturated/α-hetero) is 1. The Morgan fingerprint density at radius 3 is 2.50 bits per heavy atom. The Morgan fingerprint density at radius 2 is 2.00 bits per heavy atom. The number of ether oxygens (including phenoxy) is 1. The van der Waals surface area contributed by atoms with Gasteiger partial charge in [-0.3, -0.25) is 4.79 Å². The fourth-order valence-corrected chi connectivity index (χ4v) is 1.73. The quantitative estimate of drug-likeness (QED) is 0.848. The SMILES string of the molecule is CNC(C)C(=O)c1cc(Cl)c(OC)cc1Cl. The van der Waals surface area contributed by atoms with Gasteiger partial charge in [0.25, 0.3) is 0 Å². The van der Waals surface area contributed by atoms with Gasteiger partial charge < -0.3 is 10.1 Å². The predicted octanol–water partition coefficient (Wildman–Crippen LogP) is 2.79. The van der Waals surface area contributed by atoms with Crippen LogP contribution in [-0.4, -0.2) is 26.0 Å². The number of carbonyl (C=O) groups excluding carboxylic acids is 1. The topological polar surface area (TPSA) is 38.3 Å². The number of hydrogen-bond donors (Lipinski definition) is 1. The molecule has 0 saturated carbocycles. The van der Waals surface area contributed by atoms with Crippen molar-refractivity contribution in [1.29, 1.82) is 0 Å². The Balaban J connectivity index is 3.16. The number of rotatable bonds is 4. The van der Waals surface area contributed by atoms with E-state index < -0.39 is 0 Å². The molecule has 0 heterocycles.